The fourth-order valence-electron chi connectivity index (χ4n) is 2.10. The van der Waals surface area contributed by atoms with Gasteiger partial charge in [-0.2, -0.15) is 0 Å². The Morgan fingerprint density at radius 1 is 1.28 bits per heavy atom. The summed E-state index contributed by atoms with van der Waals surface area (Å²) in [6.07, 6.45) is 0. The van der Waals surface area contributed by atoms with Gasteiger partial charge in [0.2, 0.25) is 5.91 Å². The van der Waals surface area contributed by atoms with Gasteiger partial charge < -0.3 is 10.2 Å². The molecule has 2 rings (SSSR count). The molecule has 0 aliphatic heterocycles. The lowest BCUT2D eigenvalue weighted by molar-refractivity contribution is -0.385. The Labute approximate surface area is 147 Å². The number of carbonyl (C=O) groups is 2. The first kappa shape index (κ1) is 18.3. The molecule has 0 atom stereocenters. The molecule has 0 saturated carbocycles. The standard InChI is InChI=1S/C16H13ClFN3O4/c1-20(9-15(22)19-12-4-2-3-11(18)8-12)16(23)13-6-5-10(17)7-14(13)21(24)25/h2-8H,9H2,1H3,(H,19,22). The molecule has 2 aromatic rings. The molecule has 0 radical (unpaired) electrons. The van der Waals surface area contributed by atoms with E-state index < -0.39 is 28.2 Å². The van der Waals surface area contributed by atoms with Crippen LogP contribution in [0.1, 0.15) is 10.4 Å². The van der Waals surface area contributed by atoms with Crippen LogP contribution in [0.2, 0.25) is 5.02 Å². The second-order valence-electron chi connectivity index (χ2n) is 5.14. The van der Waals surface area contributed by atoms with Gasteiger partial charge in [0.1, 0.15) is 11.4 Å². The average Bonchev–Trinajstić information content (AvgIpc) is 2.53. The van der Waals surface area contributed by atoms with Crippen LogP contribution >= 0.6 is 11.6 Å². The topological polar surface area (TPSA) is 92.6 Å². The van der Waals surface area contributed by atoms with Crippen LogP contribution in [0.25, 0.3) is 0 Å². The van der Waals surface area contributed by atoms with Crippen molar-refractivity contribution in [2.45, 2.75) is 0 Å². The molecule has 0 aliphatic carbocycles. The lowest BCUT2D eigenvalue weighted by atomic mass is 10.1. The van der Waals surface area contributed by atoms with Gasteiger partial charge >= 0.3 is 0 Å². The van der Waals surface area contributed by atoms with Gasteiger partial charge in [0.15, 0.2) is 0 Å². The summed E-state index contributed by atoms with van der Waals surface area (Å²) in [7, 11) is 1.33. The van der Waals surface area contributed by atoms with Crippen molar-refractivity contribution >= 4 is 34.8 Å². The second kappa shape index (κ2) is 7.71. The molecule has 7 nitrogen and oxygen atoms in total. The summed E-state index contributed by atoms with van der Waals surface area (Å²) < 4.78 is 13.1. The second-order valence-corrected chi connectivity index (χ2v) is 5.57. The molecule has 0 spiro atoms. The number of hydrogen-bond donors (Lipinski definition) is 1. The molecule has 0 fully saturated rings. The maximum absolute atomic E-state index is 13.1. The van der Waals surface area contributed by atoms with E-state index in [0.29, 0.717) is 0 Å². The first-order chi connectivity index (χ1) is 11.8. The monoisotopic (exact) mass is 365 g/mol. The molecule has 2 aromatic carbocycles. The number of hydrogen-bond acceptors (Lipinski definition) is 4. The largest absolute Gasteiger partial charge is 0.332 e. The molecule has 0 heterocycles. The van der Waals surface area contributed by atoms with Crippen molar-refractivity contribution in [3.63, 3.8) is 0 Å². The van der Waals surface area contributed by atoms with Gasteiger partial charge in [0, 0.05) is 23.8 Å². The van der Waals surface area contributed by atoms with Crippen LogP contribution in [0, 0.1) is 15.9 Å². The van der Waals surface area contributed by atoms with Crippen molar-refractivity contribution in [3.8, 4) is 0 Å². The summed E-state index contributed by atoms with van der Waals surface area (Å²) in [5, 5.41) is 13.6. The van der Waals surface area contributed by atoms with Crippen molar-refractivity contribution in [3.05, 3.63) is 69.0 Å². The molecular weight excluding hydrogens is 353 g/mol. The highest BCUT2D eigenvalue weighted by Crippen LogP contribution is 2.24. The minimum absolute atomic E-state index is 0.120. The third kappa shape index (κ3) is 4.74. The molecule has 0 bridgehead atoms. The van der Waals surface area contributed by atoms with Crippen molar-refractivity contribution < 1.29 is 18.9 Å². The zero-order valence-electron chi connectivity index (χ0n) is 13.0. The normalized spacial score (nSPS) is 10.2. The number of carbonyl (C=O) groups excluding carboxylic acids is 2. The Kier molecular flexibility index (Phi) is 5.66. The van der Waals surface area contributed by atoms with Crippen molar-refractivity contribution in [1.29, 1.82) is 0 Å². The van der Waals surface area contributed by atoms with Gasteiger partial charge in [-0.05, 0) is 30.3 Å². The number of halogens is 2. The highest BCUT2D eigenvalue weighted by Gasteiger charge is 2.24. The maximum Gasteiger partial charge on any atom is 0.283 e. The predicted molar refractivity (Wildman–Crippen MR) is 90.1 cm³/mol. The van der Waals surface area contributed by atoms with E-state index in [0.717, 1.165) is 17.0 Å². The summed E-state index contributed by atoms with van der Waals surface area (Å²) in [4.78, 5) is 35.7. The van der Waals surface area contributed by atoms with E-state index in [-0.39, 0.29) is 22.8 Å². The van der Waals surface area contributed by atoms with E-state index in [1.54, 1.807) is 0 Å². The Hall–Kier alpha value is -3.00. The number of nitrogens with zero attached hydrogens (tertiary/aromatic N) is 2. The van der Waals surface area contributed by atoms with Gasteiger partial charge in [0.25, 0.3) is 11.6 Å². The van der Waals surface area contributed by atoms with Crippen molar-refractivity contribution in [2.24, 2.45) is 0 Å². The van der Waals surface area contributed by atoms with Gasteiger partial charge in [-0.1, -0.05) is 17.7 Å². The van der Waals surface area contributed by atoms with E-state index in [2.05, 4.69) is 5.32 Å². The number of rotatable bonds is 5. The molecule has 0 saturated heterocycles. The smallest absolute Gasteiger partial charge is 0.283 e. The first-order valence-corrected chi connectivity index (χ1v) is 7.40. The number of nitro benzene ring substituents is 1. The Bertz CT molecular complexity index is 844. The van der Waals surface area contributed by atoms with Crippen LogP contribution in [-0.4, -0.2) is 35.2 Å². The number of amides is 2. The van der Waals surface area contributed by atoms with Gasteiger partial charge in [0.05, 0.1) is 11.5 Å². The van der Waals surface area contributed by atoms with Crippen molar-refractivity contribution in [1.82, 2.24) is 4.90 Å². The Morgan fingerprint density at radius 3 is 2.64 bits per heavy atom. The minimum atomic E-state index is -0.722. The van der Waals surface area contributed by atoms with Crippen LogP contribution in [0.3, 0.4) is 0 Å². The Balaban J connectivity index is 2.10. The zero-order chi connectivity index (χ0) is 18.6. The van der Waals surface area contributed by atoms with E-state index in [1.807, 2.05) is 0 Å². The minimum Gasteiger partial charge on any atom is -0.332 e. The maximum atomic E-state index is 13.1. The number of benzene rings is 2. The molecular formula is C16H13ClFN3O4. The molecule has 0 aromatic heterocycles. The quantitative estimate of drug-likeness (QED) is 0.651. The summed E-state index contributed by atoms with van der Waals surface area (Å²) >= 11 is 5.71. The van der Waals surface area contributed by atoms with E-state index in [1.165, 1.54) is 37.4 Å². The molecule has 0 aliphatic rings. The van der Waals surface area contributed by atoms with Crippen LogP contribution in [-0.2, 0) is 4.79 Å². The van der Waals surface area contributed by atoms with E-state index in [9.17, 15) is 24.1 Å². The lowest BCUT2D eigenvalue weighted by Crippen LogP contribution is -2.35. The number of nitro groups is 1. The summed E-state index contributed by atoms with van der Waals surface area (Å²) in [6.45, 7) is -0.366. The molecule has 2 amide bonds. The highest BCUT2D eigenvalue weighted by molar-refractivity contribution is 6.31. The van der Waals surface area contributed by atoms with Crippen molar-refractivity contribution in [2.75, 3.05) is 18.9 Å². The number of likely N-dealkylation sites (N-methyl/N-ethyl adjacent to an activating group) is 1. The van der Waals surface area contributed by atoms with Gasteiger partial charge in [-0.25, -0.2) is 4.39 Å². The third-order valence-corrected chi connectivity index (χ3v) is 3.46. The van der Waals surface area contributed by atoms with Gasteiger partial charge in [-0.15, -0.1) is 0 Å². The SMILES string of the molecule is CN(CC(=O)Nc1cccc(F)c1)C(=O)c1ccc(Cl)cc1[N+](=O)[O-]. The number of nitrogens with one attached hydrogen (secondary N) is 1. The Morgan fingerprint density at radius 2 is 2.00 bits per heavy atom. The molecule has 1 N–H and O–H groups in total. The van der Waals surface area contributed by atoms with Crippen LogP contribution in [0.4, 0.5) is 15.8 Å². The van der Waals surface area contributed by atoms with Gasteiger partial charge in [-0.3, -0.25) is 19.7 Å². The predicted octanol–water partition coefficient (Wildman–Crippen LogP) is 3.10. The summed E-state index contributed by atoms with van der Waals surface area (Å²) in [6, 6.07) is 8.92. The fraction of sp³-hybridized carbons (Fsp3) is 0.125. The molecule has 25 heavy (non-hydrogen) atoms. The lowest BCUT2D eigenvalue weighted by Gasteiger charge is -2.17. The van der Waals surface area contributed by atoms with E-state index in [4.69, 9.17) is 11.6 Å². The van der Waals surface area contributed by atoms with Crippen LogP contribution in [0.5, 0.6) is 0 Å². The zero-order valence-corrected chi connectivity index (χ0v) is 13.8. The molecule has 0 unspecified atom stereocenters. The van der Waals surface area contributed by atoms with E-state index >= 15 is 0 Å². The fourth-order valence-corrected chi connectivity index (χ4v) is 2.26. The van der Waals surface area contributed by atoms with Crippen LogP contribution < -0.4 is 5.32 Å². The number of anilines is 1. The van der Waals surface area contributed by atoms with Crippen LogP contribution in [0.15, 0.2) is 42.5 Å². The summed E-state index contributed by atoms with van der Waals surface area (Å²) in [5.41, 5.74) is -0.395. The third-order valence-electron chi connectivity index (χ3n) is 3.22. The first-order valence-electron chi connectivity index (χ1n) is 7.02. The highest BCUT2D eigenvalue weighted by atomic mass is 35.5. The average molecular weight is 366 g/mol. The molecule has 130 valence electrons. The molecule has 9 heteroatoms. The summed E-state index contributed by atoms with van der Waals surface area (Å²) in [5.74, 6) is -1.80.